The maximum absolute atomic E-state index is 11.2. The van der Waals surface area contributed by atoms with Crippen LogP contribution in [0.4, 0.5) is 0 Å². The van der Waals surface area contributed by atoms with Gasteiger partial charge in [-0.25, -0.2) is 0 Å². The van der Waals surface area contributed by atoms with Crippen LogP contribution in [0.2, 0.25) is 0 Å². The number of amides is 1. The van der Waals surface area contributed by atoms with Gasteiger partial charge in [-0.15, -0.1) is 0 Å². The zero-order chi connectivity index (χ0) is 10.1. The molecule has 0 aromatic heterocycles. The van der Waals surface area contributed by atoms with Crippen LogP contribution in [0.5, 0.6) is 0 Å². The fourth-order valence-corrected chi connectivity index (χ4v) is 1.93. The largest absolute Gasteiger partial charge is 0.343 e. The van der Waals surface area contributed by atoms with Gasteiger partial charge in [0, 0.05) is 25.6 Å². The van der Waals surface area contributed by atoms with E-state index in [1.807, 2.05) is 11.9 Å². The summed E-state index contributed by atoms with van der Waals surface area (Å²) in [5.41, 5.74) is 0.173. The molecule has 0 unspecified atom stereocenters. The van der Waals surface area contributed by atoms with E-state index in [1.165, 1.54) is 0 Å². The summed E-state index contributed by atoms with van der Waals surface area (Å²) in [6, 6.07) is 0.411. The van der Waals surface area contributed by atoms with E-state index in [1.54, 1.807) is 6.92 Å². The van der Waals surface area contributed by atoms with Gasteiger partial charge in [0.2, 0.25) is 5.91 Å². The minimum atomic E-state index is 0.169. The van der Waals surface area contributed by atoms with Crippen LogP contribution in [0.15, 0.2) is 0 Å². The van der Waals surface area contributed by atoms with Crippen molar-refractivity contribution in [3.05, 3.63) is 0 Å². The van der Waals surface area contributed by atoms with Crippen molar-refractivity contribution in [2.75, 3.05) is 13.6 Å². The number of hydrogen-bond acceptors (Lipinski definition) is 2. The van der Waals surface area contributed by atoms with Crippen LogP contribution < -0.4 is 5.32 Å². The molecule has 1 heterocycles. The zero-order valence-corrected chi connectivity index (χ0v) is 9.05. The molecule has 0 aliphatic carbocycles. The molecule has 13 heavy (non-hydrogen) atoms. The Kier molecular flexibility index (Phi) is 2.96. The number of rotatable bonds is 1. The van der Waals surface area contributed by atoms with Gasteiger partial charge in [-0.05, 0) is 33.2 Å². The molecule has 3 heteroatoms. The van der Waals surface area contributed by atoms with Crippen molar-refractivity contribution in [3.63, 3.8) is 0 Å². The van der Waals surface area contributed by atoms with Crippen molar-refractivity contribution in [1.29, 1.82) is 0 Å². The van der Waals surface area contributed by atoms with Gasteiger partial charge < -0.3 is 10.2 Å². The summed E-state index contributed by atoms with van der Waals surface area (Å²) < 4.78 is 0. The first-order valence-electron chi connectivity index (χ1n) is 4.91. The third kappa shape index (κ3) is 2.69. The van der Waals surface area contributed by atoms with Crippen molar-refractivity contribution >= 4 is 5.91 Å². The lowest BCUT2D eigenvalue weighted by molar-refractivity contribution is -0.130. The van der Waals surface area contributed by atoms with E-state index >= 15 is 0 Å². The standard InChI is InChI=1S/C10H20N2O/c1-8(13)12(4)9-5-6-11-10(2,3)7-9/h9,11H,5-7H2,1-4H3/t9-/m1/s1. The van der Waals surface area contributed by atoms with Crippen LogP contribution in [0.1, 0.15) is 33.6 Å². The summed E-state index contributed by atoms with van der Waals surface area (Å²) >= 11 is 0. The molecule has 1 aliphatic heterocycles. The molecule has 1 aliphatic rings. The number of nitrogens with zero attached hydrogens (tertiary/aromatic N) is 1. The third-order valence-corrected chi connectivity index (χ3v) is 2.87. The molecule has 3 nitrogen and oxygen atoms in total. The first-order chi connectivity index (χ1) is 5.92. The Labute approximate surface area is 80.5 Å². The fourth-order valence-electron chi connectivity index (χ4n) is 1.93. The monoisotopic (exact) mass is 184 g/mol. The molecule has 76 valence electrons. The van der Waals surface area contributed by atoms with Crippen molar-refractivity contribution < 1.29 is 4.79 Å². The Morgan fingerprint density at radius 2 is 2.15 bits per heavy atom. The fraction of sp³-hybridized carbons (Fsp3) is 0.900. The number of carbonyl (C=O) groups excluding carboxylic acids is 1. The molecule has 1 atom stereocenters. The molecule has 1 amide bonds. The van der Waals surface area contributed by atoms with Gasteiger partial charge in [-0.1, -0.05) is 0 Å². The van der Waals surface area contributed by atoms with Gasteiger partial charge >= 0.3 is 0 Å². The van der Waals surface area contributed by atoms with E-state index in [-0.39, 0.29) is 11.4 Å². The number of carbonyl (C=O) groups is 1. The van der Waals surface area contributed by atoms with Crippen molar-refractivity contribution in [2.45, 2.75) is 45.2 Å². The molecule has 1 saturated heterocycles. The second kappa shape index (κ2) is 3.66. The van der Waals surface area contributed by atoms with E-state index < -0.39 is 0 Å². The second-order valence-electron chi connectivity index (χ2n) is 4.59. The molecule has 1 rings (SSSR count). The lowest BCUT2D eigenvalue weighted by Gasteiger charge is -2.40. The Morgan fingerprint density at radius 3 is 2.62 bits per heavy atom. The average molecular weight is 184 g/mol. The summed E-state index contributed by atoms with van der Waals surface area (Å²) in [7, 11) is 1.90. The maximum Gasteiger partial charge on any atom is 0.219 e. The molecular formula is C10H20N2O. The van der Waals surface area contributed by atoms with Gasteiger partial charge in [0.05, 0.1) is 0 Å². The summed E-state index contributed by atoms with van der Waals surface area (Å²) in [4.78, 5) is 13.0. The predicted molar refractivity (Wildman–Crippen MR) is 53.5 cm³/mol. The number of piperidine rings is 1. The van der Waals surface area contributed by atoms with Crippen LogP contribution in [-0.2, 0) is 4.79 Å². The minimum absolute atomic E-state index is 0.169. The van der Waals surface area contributed by atoms with Gasteiger partial charge in [0.25, 0.3) is 0 Å². The first kappa shape index (κ1) is 10.5. The Balaban J connectivity index is 2.56. The molecule has 0 bridgehead atoms. The molecule has 0 aromatic carbocycles. The van der Waals surface area contributed by atoms with E-state index in [2.05, 4.69) is 19.2 Å². The topological polar surface area (TPSA) is 32.3 Å². The summed E-state index contributed by atoms with van der Waals surface area (Å²) in [5.74, 6) is 0.169. The smallest absolute Gasteiger partial charge is 0.219 e. The van der Waals surface area contributed by atoms with Crippen LogP contribution in [0, 0.1) is 0 Å². The van der Waals surface area contributed by atoms with Crippen molar-refractivity contribution in [1.82, 2.24) is 10.2 Å². The van der Waals surface area contributed by atoms with Crippen molar-refractivity contribution in [2.24, 2.45) is 0 Å². The average Bonchev–Trinajstić information content (AvgIpc) is 2.01. The molecule has 1 fully saturated rings. The summed E-state index contributed by atoms with van der Waals surface area (Å²) in [6.07, 6.45) is 2.11. The van der Waals surface area contributed by atoms with E-state index in [0.717, 1.165) is 19.4 Å². The maximum atomic E-state index is 11.2. The Morgan fingerprint density at radius 1 is 1.54 bits per heavy atom. The van der Waals surface area contributed by atoms with E-state index in [9.17, 15) is 4.79 Å². The number of nitrogens with one attached hydrogen (secondary N) is 1. The van der Waals surface area contributed by atoms with Gasteiger partial charge in [-0.2, -0.15) is 0 Å². The lowest BCUT2D eigenvalue weighted by atomic mass is 9.88. The predicted octanol–water partition coefficient (Wildman–Crippen LogP) is 0.995. The normalized spacial score (nSPS) is 26.9. The quantitative estimate of drug-likeness (QED) is 0.659. The molecular weight excluding hydrogens is 164 g/mol. The highest BCUT2D eigenvalue weighted by Gasteiger charge is 2.30. The van der Waals surface area contributed by atoms with E-state index in [0.29, 0.717) is 6.04 Å². The minimum Gasteiger partial charge on any atom is -0.343 e. The second-order valence-corrected chi connectivity index (χ2v) is 4.59. The lowest BCUT2D eigenvalue weighted by Crippen LogP contribution is -2.53. The summed E-state index contributed by atoms with van der Waals surface area (Å²) in [5, 5.41) is 3.44. The molecule has 1 N–H and O–H groups in total. The van der Waals surface area contributed by atoms with E-state index in [4.69, 9.17) is 0 Å². The van der Waals surface area contributed by atoms with Gasteiger partial charge in [-0.3, -0.25) is 4.79 Å². The summed E-state index contributed by atoms with van der Waals surface area (Å²) in [6.45, 7) is 7.02. The zero-order valence-electron chi connectivity index (χ0n) is 9.05. The highest BCUT2D eigenvalue weighted by atomic mass is 16.2. The van der Waals surface area contributed by atoms with Gasteiger partial charge in [0.1, 0.15) is 0 Å². The Bertz CT molecular complexity index is 201. The first-order valence-corrected chi connectivity index (χ1v) is 4.91. The highest BCUT2D eigenvalue weighted by Crippen LogP contribution is 2.21. The van der Waals surface area contributed by atoms with Gasteiger partial charge in [0.15, 0.2) is 0 Å². The molecule has 0 spiro atoms. The number of hydrogen-bond donors (Lipinski definition) is 1. The molecule has 0 saturated carbocycles. The van der Waals surface area contributed by atoms with Crippen LogP contribution in [0.3, 0.4) is 0 Å². The van der Waals surface area contributed by atoms with Crippen LogP contribution in [0.25, 0.3) is 0 Å². The SMILES string of the molecule is CC(=O)N(C)[C@@H]1CCNC(C)(C)C1. The van der Waals surface area contributed by atoms with Crippen molar-refractivity contribution in [3.8, 4) is 0 Å². The van der Waals surface area contributed by atoms with Crippen LogP contribution >= 0.6 is 0 Å². The molecule has 0 aromatic rings. The third-order valence-electron chi connectivity index (χ3n) is 2.87. The highest BCUT2D eigenvalue weighted by molar-refractivity contribution is 5.73. The Hall–Kier alpha value is -0.570. The van der Waals surface area contributed by atoms with Crippen LogP contribution in [-0.4, -0.2) is 36.0 Å². The molecule has 0 radical (unpaired) electrons.